The van der Waals surface area contributed by atoms with Gasteiger partial charge in [-0.15, -0.1) is 0 Å². The van der Waals surface area contributed by atoms with E-state index in [-0.39, 0.29) is 5.78 Å². The maximum atomic E-state index is 13.4. The van der Waals surface area contributed by atoms with Crippen molar-refractivity contribution in [2.75, 3.05) is 7.11 Å². The lowest BCUT2D eigenvalue weighted by Gasteiger charge is -2.24. The van der Waals surface area contributed by atoms with Crippen LogP contribution < -0.4 is 0 Å². The lowest BCUT2D eigenvalue weighted by molar-refractivity contribution is -0.149. The van der Waals surface area contributed by atoms with E-state index in [1.165, 1.54) is 12.7 Å². The smallest absolute Gasteiger partial charge is 0.320 e. The molecule has 2 aliphatic carbocycles. The first-order chi connectivity index (χ1) is 11.7. The number of aryl methyl sites for hydroxylation is 1. The zero-order valence-electron chi connectivity index (χ0n) is 13.8. The van der Waals surface area contributed by atoms with Crippen molar-refractivity contribution in [3.63, 3.8) is 0 Å². The van der Waals surface area contributed by atoms with E-state index in [4.69, 9.17) is 4.74 Å². The quantitative estimate of drug-likeness (QED) is 0.644. The van der Waals surface area contributed by atoms with Crippen LogP contribution in [0.4, 0.5) is 0 Å². The minimum absolute atomic E-state index is 0.0491. The summed E-state index contributed by atoms with van der Waals surface area (Å²) in [6.45, 7) is 0. The molecule has 0 aromatic heterocycles. The van der Waals surface area contributed by atoms with Gasteiger partial charge in [-0.2, -0.15) is 0 Å². The van der Waals surface area contributed by atoms with Gasteiger partial charge >= 0.3 is 5.97 Å². The summed E-state index contributed by atoms with van der Waals surface area (Å²) in [4.78, 5) is 26.1. The highest BCUT2D eigenvalue weighted by molar-refractivity contribution is 6.17. The molecule has 0 saturated carbocycles. The number of ketones is 1. The SMILES string of the molecule is COC(=O)[C@]1(Cc2ccccc2)Cc2ccc3c(c2C1=O)CCC3. The molecule has 0 fully saturated rings. The largest absolute Gasteiger partial charge is 0.468 e. The number of fused-ring (bicyclic) bond motifs is 3. The third-order valence-corrected chi connectivity index (χ3v) is 5.45. The molecule has 0 amide bonds. The van der Waals surface area contributed by atoms with Crippen molar-refractivity contribution >= 4 is 11.8 Å². The topological polar surface area (TPSA) is 43.4 Å². The predicted molar refractivity (Wildman–Crippen MR) is 91.1 cm³/mol. The lowest BCUT2D eigenvalue weighted by atomic mass is 9.77. The van der Waals surface area contributed by atoms with Crippen LogP contribution in [0.2, 0.25) is 0 Å². The van der Waals surface area contributed by atoms with Gasteiger partial charge in [0.05, 0.1) is 7.11 Å². The predicted octanol–water partition coefficient (Wildman–Crippen LogP) is 3.32. The summed E-state index contributed by atoms with van der Waals surface area (Å²) in [7, 11) is 1.37. The van der Waals surface area contributed by atoms with Crippen LogP contribution in [0.3, 0.4) is 0 Å². The van der Waals surface area contributed by atoms with E-state index in [0.29, 0.717) is 12.8 Å². The van der Waals surface area contributed by atoms with Crippen molar-refractivity contribution < 1.29 is 14.3 Å². The van der Waals surface area contributed by atoms with Crippen molar-refractivity contribution in [3.8, 4) is 0 Å². The van der Waals surface area contributed by atoms with Crippen molar-refractivity contribution in [1.29, 1.82) is 0 Å². The molecule has 1 atom stereocenters. The highest BCUT2D eigenvalue weighted by Gasteiger charge is 2.53. The molecule has 2 aromatic rings. The minimum atomic E-state index is -1.11. The molecule has 0 unspecified atom stereocenters. The Kier molecular flexibility index (Phi) is 3.52. The third-order valence-electron chi connectivity index (χ3n) is 5.45. The highest BCUT2D eigenvalue weighted by Crippen LogP contribution is 2.44. The summed E-state index contributed by atoms with van der Waals surface area (Å²) in [5.41, 5.74) is 4.10. The minimum Gasteiger partial charge on any atom is -0.468 e. The molecule has 3 heteroatoms. The van der Waals surface area contributed by atoms with Gasteiger partial charge < -0.3 is 4.74 Å². The first kappa shape index (κ1) is 15.1. The Morgan fingerprint density at radius 1 is 1.08 bits per heavy atom. The van der Waals surface area contributed by atoms with Crippen LogP contribution in [-0.2, 0) is 35.2 Å². The van der Waals surface area contributed by atoms with E-state index in [1.54, 1.807) is 0 Å². The number of methoxy groups -OCH3 is 1. The second kappa shape index (κ2) is 5.59. The average Bonchev–Trinajstić information content (AvgIpc) is 3.18. The van der Waals surface area contributed by atoms with Crippen LogP contribution >= 0.6 is 0 Å². The first-order valence-corrected chi connectivity index (χ1v) is 8.46. The highest BCUT2D eigenvalue weighted by atomic mass is 16.5. The molecular formula is C21H20O3. The lowest BCUT2D eigenvalue weighted by Crippen LogP contribution is -2.40. The normalized spacial score (nSPS) is 21.5. The number of Topliss-reactive ketones (excluding diaryl/α,β-unsaturated/α-hetero) is 1. The second-order valence-corrected chi connectivity index (χ2v) is 6.83. The van der Waals surface area contributed by atoms with Crippen molar-refractivity contribution in [2.45, 2.75) is 32.1 Å². The fourth-order valence-electron chi connectivity index (χ4n) is 4.31. The summed E-state index contributed by atoms with van der Waals surface area (Å²) in [6, 6.07) is 13.9. The van der Waals surface area contributed by atoms with Gasteiger partial charge in [0.25, 0.3) is 0 Å². The van der Waals surface area contributed by atoms with Gasteiger partial charge in [0, 0.05) is 5.56 Å². The molecule has 0 radical (unpaired) electrons. The molecule has 24 heavy (non-hydrogen) atoms. The van der Waals surface area contributed by atoms with Crippen LogP contribution in [-0.4, -0.2) is 18.9 Å². The number of ether oxygens (including phenoxy) is 1. The van der Waals surface area contributed by atoms with Gasteiger partial charge in [0.1, 0.15) is 5.41 Å². The maximum Gasteiger partial charge on any atom is 0.320 e. The van der Waals surface area contributed by atoms with E-state index in [2.05, 4.69) is 6.07 Å². The number of hydrogen-bond acceptors (Lipinski definition) is 3. The maximum absolute atomic E-state index is 13.4. The molecule has 0 spiro atoms. The third kappa shape index (κ3) is 2.11. The molecule has 0 N–H and O–H groups in total. The molecular weight excluding hydrogens is 300 g/mol. The first-order valence-electron chi connectivity index (χ1n) is 8.46. The Bertz CT molecular complexity index is 822. The number of carbonyl (C=O) groups excluding carboxylic acids is 2. The van der Waals surface area contributed by atoms with Crippen molar-refractivity contribution in [3.05, 3.63) is 70.3 Å². The average molecular weight is 320 g/mol. The number of rotatable bonds is 3. The summed E-state index contributed by atoms with van der Waals surface area (Å²) >= 11 is 0. The Labute approximate surface area is 141 Å². The van der Waals surface area contributed by atoms with E-state index >= 15 is 0 Å². The number of hydrogen-bond donors (Lipinski definition) is 0. The van der Waals surface area contributed by atoms with Crippen molar-refractivity contribution in [1.82, 2.24) is 0 Å². The summed E-state index contributed by atoms with van der Waals surface area (Å²) in [5.74, 6) is -0.466. The number of carbonyl (C=O) groups is 2. The summed E-state index contributed by atoms with van der Waals surface area (Å²) in [6.07, 6.45) is 3.88. The van der Waals surface area contributed by atoms with Gasteiger partial charge in [-0.05, 0) is 54.4 Å². The molecule has 2 aliphatic rings. The Balaban J connectivity index is 1.82. The summed E-state index contributed by atoms with van der Waals surface area (Å²) in [5, 5.41) is 0. The second-order valence-electron chi connectivity index (χ2n) is 6.83. The Hall–Kier alpha value is -2.42. The van der Waals surface area contributed by atoms with E-state index < -0.39 is 11.4 Å². The molecule has 0 bridgehead atoms. The zero-order valence-corrected chi connectivity index (χ0v) is 13.8. The molecule has 2 aromatic carbocycles. The molecule has 4 rings (SSSR count). The van der Waals surface area contributed by atoms with Gasteiger partial charge in [-0.3, -0.25) is 9.59 Å². The van der Waals surface area contributed by atoms with Crippen LogP contribution in [0.5, 0.6) is 0 Å². The fourth-order valence-corrected chi connectivity index (χ4v) is 4.31. The fraction of sp³-hybridized carbons (Fsp3) is 0.333. The number of esters is 1. The Morgan fingerprint density at radius 2 is 1.83 bits per heavy atom. The van der Waals surface area contributed by atoms with Gasteiger partial charge in [0.2, 0.25) is 0 Å². The zero-order chi connectivity index (χ0) is 16.7. The van der Waals surface area contributed by atoms with Crippen LogP contribution in [0.25, 0.3) is 0 Å². The van der Waals surface area contributed by atoms with E-state index in [1.807, 2.05) is 36.4 Å². The van der Waals surface area contributed by atoms with Crippen LogP contribution in [0.15, 0.2) is 42.5 Å². The Morgan fingerprint density at radius 3 is 2.58 bits per heavy atom. The van der Waals surface area contributed by atoms with Gasteiger partial charge in [-0.25, -0.2) is 0 Å². The van der Waals surface area contributed by atoms with Crippen LogP contribution in [0.1, 0.15) is 39.0 Å². The molecule has 0 saturated heterocycles. The van der Waals surface area contributed by atoms with Gasteiger partial charge in [-0.1, -0.05) is 42.5 Å². The van der Waals surface area contributed by atoms with Gasteiger partial charge in [0.15, 0.2) is 5.78 Å². The molecule has 0 heterocycles. The molecule has 3 nitrogen and oxygen atoms in total. The molecule has 0 aliphatic heterocycles. The van der Waals surface area contributed by atoms with E-state index in [0.717, 1.165) is 41.5 Å². The standard InChI is InChI=1S/C21H20O3/c1-24-20(23)21(12-14-6-3-2-4-7-14)13-16-11-10-15-8-5-9-17(15)18(16)19(21)22/h2-4,6-7,10-11H,5,8-9,12-13H2,1H3/t21-/m1/s1. The number of benzene rings is 2. The van der Waals surface area contributed by atoms with Crippen molar-refractivity contribution in [2.24, 2.45) is 5.41 Å². The van der Waals surface area contributed by atoms with E-state index in [9.17, 15) is 9.59 Å². The monoisotopic (exact) mass is 320 g/mol. The summed E-state index contributed by atoms with van der Waals surface area (Å²) < 4.78 is 5.07. The molecule has 122 valence electrons. The van der Waals surface area contributed by atoms with Crippen LogP contribution in [0, 0.1) is 5.41 Å².